The topological polar surface area (TPSA) is 70.0 Å². The van der Waals surface area contributed by atoms with Gasteiger partial charge >= 0.3 is 5.97 Å². The SMILES string of the molecule is O=C(O)c1ccc(N2N=C(c3cccs3)CCC2=O)cc1. The quantitative estimate of drug-likeness (QED) is 0.947. The van der Waals surface area contributed by atoms with Gasteiger partial charge in [-0.2, -0.15) is 5.10 Å². The van der Waals surface area contributed by atoms with Gasteiger partial charge in [0, 0.05) is 12.8 Å². The van der Waals surface area contributed by atoms with E-state index >= 15 is 0 Å². The van der Waals surface area contributed by atoms with Gasteiger partial charge in [-0.25, -0.2) is 9.80 Å². The second kappa shape index (κ2) is 5.49. The highest BCUT2D eigenvalue weighted by Gasteiger charge is 2.23. The molecule has 1 N–H and O–H groups in total. The zero-order valence-electron chi connectivity index (χ0n) is 11.0. The van der Waals surface area contributed by atoms with Gasteiger partial charge in [-0.1, -0.05) is 6.07 Å². The summed E-state index contributed by atoms with van der Waals surface area (Å²) in [5, 5.41) is 16.6. The molecule has 3 rings (SSSR count). The first-order chi connectivity index (χ1) is 10.1. The van der Waals surface area contributed by atoms with Crippen LogP contribution >= 0.6 is 11.3 Å². The zero-order chi connectivity index (χ0) is 14.8. The smallest absolute Gasteiger partial charge is 0.335 e. The molecule has 2 heterocycles. The second-order valence-corrected chi connectivity index (χ2v) is 5.53. The zero-order valence-corrected chi connectivity index (χ0v) is 11.8. The minimum absolute atomic E-state index is 0.0848. The Hall–Kier alpha value is -2.47. The van der Waals surface area contributed by atoms with Crippen molar-refractivity contribution in [2.45, 2.75) is 12.8 Å². The number of thiophene rings is 1. The van der Waals surface area contributed by atoms with Crippen LogP contribution in [0, 0.1) is 0 Å². The van der Waals surface area contributed by atoms with Crippen LogP contribution in [-0.2, 0) is 4.79 Å². The Morgan fingerprint density at radius 3 is 2.57 bits per heavy atom. The van der Waals surface area contributed by atoms with Crippen molar-refractivity contribution in [3.05, 3.63) is 52.2 Å². The van der Waals surface area contributed by atoms with Crippen LogP contribution in [-0.4, -0.2) is 22.7 Å². The molecule has 0 fully saturated rings. The number of carbonyl (C=O) groups is 2. The molecule has 1 aromatic heterocycles. The van der Waals surface area contributed by atoms with Gasteiger partial charge in [0.1, 0.15) is 0 Å². The molecule has 1 aliphatic heterocycles. The van der Waals surface area contributed by atoms with Gasteiger partial charge in [0.15, 0.2) is 0 Å². The third-order valence-electron chi connectivity index (χ3n) is 3.20. The van der Waals surface area contributed by atoms with E-state index in [1.807, 2.05) is 17.5 Å². The first kappa shape index (κ1) is 13.5. The standard InChI is InChI=1S/C15H12N2O3S/c18-14-8-7-12(13-2-1-9-21-13)16-17(14)11-5-3-10(4-6-11)15(19)20/h1-6,9H,7-8H2,(H,19,20). The van der Waals surface area contributed by atoms with E-state index in [4.69, 9.17) is 5.11 Å². The molecule has 0 saturated heterocycles. The number of carbonyl (C=O) groups excluding carboxylic acids is 1. The summed E-state index contributed by atoms with van der Waals surface area (Å²) < 4.78 is 0. The third-order valence-corrected chi connectivity index (χ3v) is 4.12. The van der Waals surface area contributed by atoms with Gasteiger partial charge in [-0.15, -0.1) is 11.3 Å². The summed E-state index contributed by atoms with van der Waals surface area (Å²) >= 11 is 1.59. The summed E-state index contributed by atoms with van der Waals surface area (Å²) in [5.41, 5.74) is 1.65. The van der Waals surface area contributed by atoms with Crippen LogP contribution in [0.3, 0.4) is 0 Å². The molecule has 0 atom stereocenters. The molecule has 0 spiro atoms. The van der Waals surface area contributed by atoms with Gasteiger partial charge in [0.2, 0.25) is 5.91 Å². The maximum Gasteiger partial charge on any atom is 0.335 e. The van der Waals surface area contributed by atoms with E-state index in [1.165, 1.54) is 17.1 Å². The normalized spacial score (nSPS) is 15.0. The van der Waals surface area contributed by atoms with E-state index in [1.54, 1.807) is 23.5 Å². The van der Waals surface area contributed by atoms with Crippen molar-refractivity contribution >= 4 is 34.6 Å². The Morgan fingerprint density at radius 1 is 1.19 bits per heavy atom. The first-order valence-electron chi connectivity index (χ1n) is 6.43. The predicted molar refractivity (Wildman–Crippen MR) is 81.0 cm³/mol. The number of anilines is 1. The Bertz CT molecular complexity index is 705. The molecular weight excluding hydrogens is 288 g/mol. The molecule has 0 radical (unpaired) electrons. The van der Waals surface area contributed by atoms with Gasteiger partial charge in [-0.05, 0) is 35.7 Å². The summed E-state index contributed by atoms with van der Waals surface area (Å²) in [4.78, 5) is 23.9. The van der Waals surface area contributed by atoms with Gasteiger partial charge in [0.25, 0.3) is 0 Å². The Labute approximate surface area is 125 Å². The maximum absolute atomic E-state index is 12.0. The van der Waals surface area contributed by atoms with Crippen molar-refractivity contribution in [2.24, 2.45) is 5.10 Å². The molecule has 1 aliphatic rings. The molecule has 0 bridgehead atoms. The van der Waals surface area contributed by atoms with Crippen LogP contribution in [0.4, 0.5) is 5.69 Å². The van der Waals surface area contributed by atoms with Gasteiger partial charge in [0.05, 0.1) is 21.8 Å². The minimum atomic E-state index is -0.991. The second-order valence-electron chi connectivity index (χ2n) is 4.58. The van der Waals surface area contributed by atoms with E-state index in [9.17, 15) is 9.59 Å². The molecule has 6 heteroatoms. The van der Waals surface area contributed by atoms with E-state index < -0.39 is 5.97 Å². The Balaban J connectivity index is 1.93. The Kier molecular flexibility index (Phi) is 3.53. The average molecular weight is 300 g/mol. The fourth-order valence-electron chi connectivity index (χ4n) is 2.12. The molecule has 106 valence electrons. The lowest BCUT2D eigenvalue weighted by molar-refractivity contribution is -0.118. The number of aromatic carboxylic acids is 1. The number of hydrogen-bond acceptors (Lipinski definition) is 4. The highest BCUT2D eigenvalue weighted by Crippen LogP contribution is 2.24. The summed E-state index contributed by atoms with van der Waals surface area (Å²) in [6.45, 7) is 0. The van der Waals surface area contributed by atoms with Crippen molar-refractivity contribution in [1.29, 1.82) is 0 Å². The maximum atomic E-state index is 12.0. The summed E-state index contributed by atoms with van der Waals surface area (Å²) in [7, 11) is 0. The van der Waals surface area contributed by atoms with Crippen molar-refractivity contribution in [1.82, 2.24) is 0 Å². The van der Waals surface area contributed by atoms with Crippen LogP contribution in [0.2, 0.25) is 0 Å². The van der Waals surface area contributed by atoms with Crippen LogP contribution in [0.1, 0.15) is 28.1 Å². The van der Waals surface area contributed by atoms with Crippen molar-refractivity contribution < 1.29 is 14.7 Å². The number of rotatable bonds is 3. The average Bonchev–Trinajstić information content (AvgIpc) is 3.02. The number of amides is 1. The molecule has 21 heavy (non-hydrogen) atoms. The summed E-state index contributed by atoms with van der Waals surface area (Å²) in [6.07, 6.45) is 1.03. The number of carboxylic acids is 1. The fourth-order valence-corrected chi connectivity index (χ4v) is 2.86. The number of hydrogen-bond donors (Lipinski definition) is 1. The molecular formula is C15H12N2O3S. The fraction of sp³-hybridized carbons (Fsp3) is 0.133. The summed E-state index contributed by atoms with van der Waals surface area (Å²) in [6, 6.07) is 10.1. The van der Waals surface area contributed by atoms with Crippen LogP contribution in [0.15, 0.2) is 46.9 Å². The minimum Gasteiger partial charge on any atom is -0.478 e. The largest absolute Gasteiger partial charge is 0.478 e. The highest BCUT2D eigenvalue weighted by molar-refractivity contribution is 7.12. The van der Waals surface area contributed by atoms with Gasteiger partial charge in [-0.3, -0.25) is 4.79 Å². The third kappa shape index (κ3) is 2.71. The number of carboxylic acid groups (broad SMARTS) is 1. The Morgan fingerprint density at radius 2 is 1.95 bits per heavy atom. The van der Waals surface area contributed by atoms with Crippen molar-refractivity contribution in [3.8, 4) is 0 Å². The molecule has 1 amide bonds. The number of benzene rings is 1. The molecule has 0 saturated carbocycles. The molecule has 2 aromatic rings. The van der Waals surface area contributed by atoms with Crippen LogP contribution in [0.25, 0.3) is 0 Å². The van der Waals surface area contributed by atoms with E-state index in [2.05, 4.69) is 5.10 Å². The molecule has 0 aliphatic carbocycles. The predicted octanol–water partition coefficient (Wildman–Crippen LogP) is 2.98. The van der Waals surface area contributed by atoms with Crippen molar-refractivity contribution in [2.75, 3.05) is 5.01 Å². The van der Waals surface area contributed by atoms with Crippen LogP contribution in [0.5, 0.6) is 0 Å². The van der Waals surface area contributed by atoms with E-state index in [-0.39, 0.29) is 11.5 Å². The van der Waals surface area contributed by atoms with Gasteiger partial charge < -0.3 is 5.11 Å². The number of nitrogens with zero attached hydrogens (tertiary/aromatic N) is 2. The molecule has 0 unspecified atom stereocenters. The van der Waals surface area contributed by atoms with Crippen LogP contribution < -0.4 is 5.01 Å². The van der Waals surface area contributed by atoms with Crippen molar-refractivity contribution in [3.63, 3.8) is 0 Å². The first-order valence-corrected chi connectivity index (χ1v) is 7.31. The molecule has 1 aromatic carbocycles. The summed E-state index contributed by atoms with van der Waals surface area (Å²) in [5.74, 6) is -1.08. The number of hydrazone groups is 1. The lowest BCUT2D eigenvalue weighted by Crippen LogP contribution is -2.31. The van der Waals surface area contributed by atoms with E-state index in [0.29, 0.717) is 18.5 Å². The lowest BCUT2D eigenvalue weighted by atomic mass is 10.1. The molecule has 5 nitrogen and oxygen atoms in total. The lowest BCUT2D eigenvalue weighted by Gasteiger charge is -2.23. The van der Waals surface area contributed by atoms with E-state index in [0.717, 1.165) is 10.6 Å². The highest BCUT2D eigenvalue weighted by atomic mass is 32.1. The monoisotopic (exact) mass is 300 g/mol.